The van der Waals surface area contributed by atoms with Gasteiger partial charge in [0.25, 0.3) is 0 Å². The van der Waals surface area contributed by atoms with Crippen molar-refractivity contribution in [2.45, 2.75) is 5.41 Å². The zero-order chi connectivity index (χ0) is 49.5. The van der Waals surface area contributed by atoms with Crippen LogP contribution in [0.3, 0.4) is 0 Å². The quantitative estimate of drug-likeness (QED) is 0.147. The molecule has 2 nitrogen and oxygen atoms in total. The molecule has 2 aliphatic rings. The average Bonchev–Trinajstić information content (AvgIpc) is 4.32. The second-order valence-electron chi connectivity index (χ2n) is 20.0. The van der Waals surface area contributed by atoms with E-state index in [1.807, 2.05) is 0 Å². The van der Waals surface area contributed by atoms with Gasteiger partial charge in [0, 0.05) is 33.5 Å². The van der Waals surface area contributed by atoms with E-state index in [0.29, 0.717) is 0 Å². The predicted molar refractivity (Wildman–Crippen MR) is 314 cm³/mol. The summed E-state index contributed by atoms with van der Waals surface area (Å²) in [5.41, 5.74) is 26.7. The highest BCUT2D eigenvalue weighted by Crippen LogP contribution is 2.64. The van der Waals surface area contributed by atoms with Crippen LogP contribution >= 0.6 is 0 Å². The van der Waals surface area contributed by atoms with E-state index >= 15 is 0 Å². The first-order chi connectivity index (χ1) is 37.2. The van der Waals surface area contributed by atoms with Crippen molar-refractivity contribution in [1.82, 2.24) is 4.57 Å². The third kappa shape index (κ3) is 6.66. The number of benzene rings is 12. The van der Waals surface area contributed by atoms with Crippen LogP contribution in [-0.4, -0.2) is 4.57 Å². The summed E-state index contributed by atoms with van der Waals surface area (Å²) in [6.45, 7) is 0. The lowest BCUT2D eigenvalue weighted by Crippen LogP contribution is -2.26. The third-order valence-electron chi connectivity index (χ3n) is 16.0. The maximum absolute atomic E-state index is 2.38. The van der Waals surface area contributed by atoms with E-state index in [0.717, 1.165) is 17.1 Å². The van der Waals surface area contributed by atoms with Crippen LogP contribution < -0.4 is 4.90 Å². The summed E-state index contributed by atoms with van der Waals surface area (Å²) in [7, 11) is 0. The molecule has 75 heavy (non-hydrogen) atoms. The Balaban J connectivity index is 0.788. The Hall–Kier alpha value is -9.76. The van der Waals surface area contributed by atoms with Gasteiger partial charge < -0.3 is 9.47 Å². The van der Waals surface area contributed by atoms with Gasteiger partial charge in [-0.3, -0.25) is 0 Å². The van der Waals surface area contributed by atoms with Gasteiger partial charge in [0.2, 0.25) is 0 Å². The Kier molecular flexibility index (Phi) is 9.83. The van der Waals surface area contributed by atoms with E-state index < -0.39 is 5.41 Å². The van der Waals surface area contributed by atoms with Crippen LogP contribution in [0.2, 0.25) is 0 Å². The monoisotopic (exact) mass is 952 g/mol. The molecule has 0 bridgehead atoms. The molecule has 0 aliphatic heterocycles. The molecule has 0 saturated heterocycles. The number of hydrogen-bond donors (Lipinski definition) is 0. The fraction of sp³-hybridized carbons (Fsp3) is 0.0137. The summed E-state index contributed by atoms with van der Waals surface area (Å²) in [5, 5.41) is 2.51. The number of hydrogen-bond acceptors (Lipinski definition) is 1. The molecule has 15 rings (SSSR count). The Morgan fingerprint density at radius 1 is 0.253 bits per heavy atom. The van der Waals surface area contributed by atoms with E-state index in [2.05, 4.69) is 301 Å². The van der Waals surface area contributed by atoms with Gasteiger partial charge >= 0.3 is 0 Å². The smallest absolute Gasteiger partial charge is 0.0731 e. The Labute approximate surface area is 437 Å². The number of fused-ring (bicyclic) bond motifs is 13. The van der Waals surface area contributed by atoms with E-state index in [1.54, 1.807) is 0 Å². The Morgan fingerprint density at radius 3 is 1.21 bits per heavy atom. The minimum absolute atomic E-state index is 0.428. The van der Waals surface area contributed by atoms with E-state index in [4.69, 9.17) is 0 Å². The largest absolute Gasteiger partial charge is 0.311 e. The van der Waals surface area contributed by atoms with Crippen molar-refractivity contribution in [3.05, 3.63) is 313 Å². The van der Waals surface area contributed by atoms with Crippen molar-refractivity contribution in [2.24, 2.45) is 0 Å². The van der Waals surface area contributed by atoms with Crippen LogP contribution in [0.25, 0.3) is 94.3 Å². The maximum atomic E-state index is 2.38. The highest BCUT2D eigenvalue weighted by Gasteiger charge is 2.52. The molecule has 0 unspecified atom stereocenters. The first-order valence-corrected chi connectivity index (χ1v) is 26.0. The van der Waals surface area contributed by atoms with Crippen LogP contribution in [0, 0.1) is 0 Å². The molecule has 0 N–H and O–H groups in total. The van der Waals surface area contributed by atoms with Crippen molar-refractivity contribution in [2.75, 3.05) is 4.90 Å². The first-order valence-electron chi connectivity index (χ1n) is 26.0. The molecule has 13 aromatic rings. The molecule has 1 heterocycles. The molecule has 350 valence electrons. The van der Waals surface area contributed by atoms with Gasteiger partial charge in [-0.05, 0) is 156 Å². The summed E-state index contributed by atoms with van der Waals surface area (Å²) < 4.78 is 2.37. The van der Waals surface area contributed by atoms with Gasteiger partial charge in [-0.15, -0.1) is 0 Å². The Bertz CT molecular complexity index is 4240. The SMILES string of the molecule is c1ccc(-c2ccc(N(c3ccc(-c4ccc(-c5ccc6c(c5)c5ccccc5n6-c5ccccc5)cc4)cc3)c3ccc(-c4cccc5c4C4(c6ccccc6-c6ccccc64)c4ccccc4-5)cc3)cc2)cc1. The number of nitrogens with zero attached hydrogens (tertiary/aromatic N) is 2. The molecule has 0 fully saturated rings. The van der Waals surface area contributed by atoms with E-state index in [-0.39, 0.29) is 0 Å². The van der Waals surface area contributed by atoms with Crippen LogP contribution in [0.5, 0.6) is 0 Å². The summed E-state index contributed by atoms with van der Waals surface area (Å²) in [6, 6.07) is 107. The minimum Gasteiger partial charge on any atom is -0.311 e. The van der Waals surface area contributed by atoms with Gasteiger partial charge in [-0.2, -0.15) is 0 Å². The summed E-state index contributed by atoms with van der Waals surface area (Å²) in [6.07, 6.45) is 0. The second-order valence-corrected chi connectivity index (χ2v) is 20.0. The molecular weight excluding hydrogens is 905 g/mol. The summed E-state index contributed by atoms with van der Waals surface area (Å²) in [4.78, 5) is 2.38. The number of anilines is 3. The van der Waals surface area contributed by atoms with Crippen molar-refractivity contribution in [3.8, 4) is 72.4 Å². The van der Waals surface area contributed by atoms with Crippen LogP contribution in [0.1, 0.15) is 22.3 Å². The number of aromatic nitrogens is 1. The summed E-state index contributed by atoms with van der Waals surface area (Å²) >= 11 is 0. The Morgan fingerprint density at radius 2 is 0.640 bits per heavy atom. The topological polar surface area (TPSA) is 8.17 Å². The molecule has 0 radical (unpaired) electrons. The number of para-hydroxylation sites is 2. The van der Waals surface area contributed by atoms with Crippen LogP contribution in [0.4, 0.5) is 17.1 Å². The fourth-order valence-corrected chi connectivity index (χ4v) is 12.7. The predicted octanol–water partition coefficient (Wildman–Crippen LogP) is 19.3. The van der Waals surface area contributed by atoms with Gasteiger partial charge in [-0.1, -0.05) is 224 Å². The normalized spacial score (nSPS) is 12.6. The molecule has 2 aliphatic carbocycles. The van der Waals surface area contributed by atoms with Crippen molar-refractivity contribution >= 4 is 38.9 Å². The van der Waals surface area contributed by atoms with E-state index in [1.165, 1.54) is 117 Å². The van der Waals surface area contributed by atoms with Crippen molar-refractivity contribution in [3.63, 3.8) is 0 Å². The fourth-order valence-electron chi connectivity index (χ4n) is 12.7. The zero-order valence-electron chi connectivity index (χ0n) is 41.1. The maximum Gasteiger partial charge on any atom is 0.0731 e. The molecule has 0 saturated carbocycles. The third-order valence-corrected chi connectivity index (χ3v) is 16.0. The van der Waals surface area contributed by atoms with Crippen molar-refractivity contribution in [1.29, 1.82) is 0 Å². The van der Waals surface area contributed by atoms with Gasteiger partial charge in [0.1, 0.15) is 0 Å². The van der Waals surface area contributed by atoms with Crippen LogP contribution in [-0.2, 0) is 5.41 Å². The van der Waals surface area contributed by atoms with Gasteiger partial charge in [-0.25, -0.2) is 0 Å². The lowest BCUT2D eigenvalue weighted by atomic mass is 9.68. The van der Waals surface area contributed by atoms with Crippen molar-refractivity contribution < 1.29 is 0 Å². The van der Waals surface area contributed by atoms with Crippen LogP contribution in [0.15, 0.2) is 291 Å². The molecule has 1 spiro atoms. The molecule has 0 atom stereocenters. The molecule has 12 aromatic carbocycles. The first kappa shape index (κ1) is 42.9. The minimum atomic E-state index is -0.428. The highest BCUT2D eigenvalue weighted by molar-refractivity contribution is 6.10. The highest BCUT2D eigenvalue weighted by atomic mass is 15.1. The standard InChI is InChI=1S/C73H48N2/c1-3-16-49(17-4-1)51-34-41-57(42-35-51)74(58-43-36-52(37-44-58)50-30-32-53(33-31-50)55-40-47-71-66(48-55)64-23-10-14-29-70(64)75(71)56-18-5-2-6-19-56)59-45-38-54(39-46-59)60-24-15-25-65-63-22-9-13-28-69(63)73(72(60)65)67-26-11-7-20-61(67)62-21-8-12-27-68(62)73/h1-48H. The molecule has 0 amide bonds. The lowest BCUT2D eigenvalue weighted by molar-refractivity contribution is 0.796. The molecular formula is C73H48N2. The molecule has 1 aromatic heterocycles. The van der Waals surface area contributed by atoms with Gasteiger partial charge in [0.15, 0.2) is 0 Å². The molecule has 2 heteroatoms. The number of rotatable bonds is 8. The van der Waals surface area contributed by atoms with Gasteiger partial charge in [0.05, 0.1) is 16.4 Å². The lowest BCUT2D eigenvalue weighted by Gasteiger charge is -2.32. The average molecular weight is 953 g/mol. The van der Waals surface area contributed by atoms with E-state index in [9.17, 15) is 0 Å². The summed E-state index contributed by atoms with van der Waals surface area (Å²) in [5.74, 6) is 0. The zero-order valence-corrected chi connectivity index (χ0v) is 41.1. The second kappa shape index (κ2) is 17.2.